The highest BCUT2D eigenvalue weighted by atomic mass is 32.2. The molecule has 2 aromatic rings. The first-order valence-electron chi connectivity index (χ1n) is 7.83. The van der Waals surface area contributed by atoms with Crippen molar-refractivity contribution in [3.05, 3.63) is 59.2 Å². The highest BCUT2D eigenvalue weighted by molar-refractivity contribution is 7.91. The molecule has 128 valence electrons. The van der Waals surface area contributed by atoms with Crippen molar-refractivity contribution < 1.29 is 8.42 Å². The van der Waals surface area contributed by atoms with E-state index in [1.165, 1.54) is 0 Å². The number of hydrogen-bond acceptors (Lipinski definition) is 5. The summed E-state index contributed by atoms with van der Waals surface area (Å²) >= 11 is 4.80. The summed E-state index contributed by atoms with van der Waals surface area (Å²) in [4.78, 5) is 0. The van der Waals surface area contributed by atoms with Crippen LogP contribution in [-0.4, -0.2) is 13.7 Å². The van der Waals surface area contributed by atoms with Crippen molar-refractivity contribution in [1.29, 1.82) is 0 Å². The molecule has 0 spiro atoms. The molecule has 0 saturated carbocycles. The van der Waals surface area contributed by atoms with Gasteiger partial charge < -0.3 is 5.73 Å². The predicted octanol–water partition coefficient (Wildman–Crippen LogP) is 3.74. The van der Waals surface area contributed by atoms with Gasteiger partial charge in [0.25, 0.3) is 0 Å². The van der Waals surface area contributed by atoms with Crippen LogP contribution in [-0.2, 0) is 40.9 Å². The highest BCUT2D eigenvalue weighted by Crippen LogP contribution is 2.27. The molecule has 0 saturated heterocycles. The number of benzene rings is 2. The van der Waals surface area contributed by atoms with Crippen LogP contribution in [0.2, 0.25) is 0 Å². The zero-order valence-electron chi connectivity index (χ0n) is 13.9. The van der Waals surface area contributed by atoms with Gasteiger partial charge in [-0.15, -0.1) is 0 Å². The summed E-state index contributed by atoms with van der Waals surface area (Å²) in [7, 11) is -3.07. The molecule has 2 aromatic carbocycles. The maximum Gasteiger partial charge on any atom is 0.156 e. The number of sulfone groups is 1. The van der Waals surface area contributed by atoms with E-state index in [9.17, 15) is 8.42 Å². The van der Waals surface area contributed by atoms with Gasteiger partial charge >= 0.3 is 0 Å². The average Bonchev–Trinajstić information content (AvgIpc) is 2.54. The lowest BCUT2D eigenvalue weighted by Gasteiger charge is -2.09. The Balaban J connectivity index is 2.05. The third-order valence-electron chi connectivity index (χ3n) is 4.03. The van der Waals surface area contributed by atoms with Crippen molar-refractivity contribution in [2.75, 3.05) is 5.73 Å². The minimum atomic E-state index is -3.07. The van der Waals surface area contributed by atoms with Crippen molar-refractivity contribution in [3.63, 3.8) is 0 Å². The van der Waals surface area contributed by atoms with Crippen LogP contribution >= 0.6 is 0 Å². The van der Waals surface area contributed by atoms with Crippen LogP contribution in [0.25, 0.3) is 0 Å². The average molecular weight is 363 g/mol. The third-order valence-corrected chi connectivity index (χ3v) is 6.39. The number of aryl methyl sites for hydroxylation is 2. The highest BCUT2D eigenvalue weighted by Gasteiger charge is 2.16. The quantitative estimate of drug-likeness (QED) is 0.762. The number of nitrogens with two attached hydrogens (primary N) is 1. The molecule has 6 heteroatoms. The Morgan fingerprint density at radius 2 is 1.67 bits per heavy atom. The van der Waals surface area contributed by atoms with E-state index in [2.05, 4.69) is 4.36 Å². The lowest BCUT2D eigenvalue weighted by Crippen LogP contribution is -2.15. The van der Waals surface area contributed by atoms with E-state index in [-0.39, 0.29) is 11.0 Å². The van der Waals surface area contributed by atoms with Gasteiger partial charge in [-0.25, -0.2) is 8.42 Å². The lowest BCUT2D eigenvalue weighted by molar-refractivity contribution is 0.586. The van der Waals surface area contributed by atoms with Gasteiger partial charge in [-0.05, 0) is 49.4 Å². The van der Waals surface area contributed by atoms with Gasteiger partial charge in [0.2, 0.25) is 0 Å². The first-order chi connectivity index (χ1) is 11.3. The summed E-state index contributed by atoms with van der Waals surface area (Å²) in [5, 5.41) is -0.360. The molecule has 0 aromatic heterocycles. The van der Waals surface area contributed by atoms with Crippen LogP contribution < -0.4 is 5.73 Å². The fraction of sp³-hybridized carbons (Fsp3) is 0.333. The van der Waals surface area contributed by atoms with Crippen LogP contribution in [0, 0.1) is 0 Å². The number of hydrogen-bond donors (Lipinski definition) is 1. The molecule has 0 atom stereocenters. The van der Waals surface area contributed by atoms with Crippen molar-refractivity contribution in [2.45, 2.75) is 37.7 Å². The molecular formula is C18H22N2O2S2. The maximum absolute atomic E-state index is 12.0. The van der Waals surface area contributed by atoms with Gasteiger partial charge in [-0.2, -0.15) is 4.36 Å². The second kappa shape index (κ2) is 7.85. The van der Waals surface area contributed by atoms with Gasteiger partial charge in [0.05, 0.1) is 16.7 Å². The summed E-state index contributed by atoms with van der Waals surface area (Å²) < 4.78 is 27.8. The van der Waals surface area contributed by atoms with E-state index in [1.54, 1.807) is 19.9 Å². The molecule has 4 nitrogen and oxygen atoms in total. The standard InChI is InChI=1S/C18H22N2O2S2/c1-13(2)24(21,22)12-15-8-6-14(7-9-15)10-11-16-4-3-5-17(19)18(16)20-23/h3-9,13H,10-12,19H2,1-2H3. The monoisotopic (exact) mass is 362 g/mol. The smallest absolute Gasteiger partial charge is 0.156 e. The number of anilines is 1. The molecule has 0 heterocycles. The van der Waals surface area contributed by atoms with Gasteiger partial charge in [0, 0.05) is 12.4 Å². The second-order valence-corrected chi connectivity index (χ2v) is 8.86. The molecule has 0 aliphatic rings. The molecular weight excluding hydrogens is 340 g/mol. The molecule has 24 heavy (non-hydrogen) atoms. The van der Waals surface area contributed by atoms with Gasteiger partial charge in [-0.3, -0.25) is 0 Å². The number of nitrogen functional groups attached to an aromatic ring is 1. The zero-order chi connectivity index (χ0) is 17.7. The lowest BCUT2D eigenvalue weighted by atomic mass is 10.0. The number of rotatable bonds is 7. The minimum absolute atomic E-state index is 0.0825. The molecule has 0 unspecified atom stereocenters. The van der Waals surface area contributed by atoms with Gasteiger partial charge in [0.15, 0.2) is 9.84 Å². The van der Waals surface area contributed by atoms with Gasteiger partial charge in [0.1, 0.15) is 5.69 Å². The zero-order valence-corrected chi connectivity index (χ0v) is 15.5. The van der Waals surface area contributed by atoms with E-state index < -0.39 is 9.84 Å². The van der Waals surface area contributed by atoms with E-state index >= 15 is 0 Å². The normalized spacial score (nSPS) is 11.6. The Bertz CT molecular complexity index is 813. The Kier molecular flexibility index (Phi) is 6.07. The summed E-state index contributed by atoms with van der Waals surface area (Å²) in [6.45, 7) is 3.41. The first-order valence-corrected chi connectivity index (χ1v) is 9.91. The van der Waals surface area contributed by atoms with Crippen LogP contribution in [0.3, 0.4) is 0 Å². The molecule has 0 aliphatic heterocycles. The van der Waals surface area contributed by atoms with Crippen molar-refractivity contribution in [1.82, 2.24) is 0 Å². The minimum Gasteiger partial charge on any atom is -0.397 e. The largest absolute Gasteiger partial charge is 0.397 e. The fourth-order valence-electron chi connectivity index (χ4n) is 2.40. The van der Waals surface area contributed by atoms with Crippen LogP contribution in [0.15, 0.2) is 46.8 Å². The Labute approximate surface area is 149 Å². The van der Waals surface area contributed by atoms with Crippen molar-refractivity contribution in [3.8, 4) is 0 Å². The fourth-order valence-corrected chi connectivity index (χ4v) is 3.62. The van der Waals surface area contributed by atoms with Crippen LogP contribution in [0.4, 0.5) is 11.4 Å². The number of nitrogens with zero attached hydrogens (tertiary/aromatic N) is 1. The molecule has 2 rings (SSSR count). The topological polar surface area (TPSA) is 72.5 Å². The molecule has 0 amide bonds. The summed E-state index contributed by atoms with van der Waals surface area (Å²) in [6, 6.07) is 13.4. The first kappa shape index (κ1) is 18.5. The van der Waals surface area contributed by atoms with Crippen molar-refractivity contribution >= 4 is 33.6 Å². The summed E-state index contributed by atoms with van der Waals surface area (Å²) in [6.07, 6.45) is 1.60. The SMILES string of the molecule is CC(C)S(=O)(=O)Cc1ccc(CCc2cccc(N)c2N=S)cc1. The summed E-state index contributed by atoms with van der Waals surface area (Å²) in [5.74, 6) is 0.0825. The van der Waals surface area contributed by atoms with E-state index in [4.69, 9.17) is 18.2 Å². The summed E-state index contributed by atoms with van der Waals surface area (Å²) in [5.41, 5.74) is 10.1. The van der Waals surface area contributed by atoms with Gasteiger partial charge in [-0.1, -0.05) is 36.4 Å². The molecule has 0 fully saturated rings. The predicted molar refractivity (Wildman–Crippen MR) is 102 cm³/mol. The van der Waals surface area contributed by atoms with E-state index in [1.807, 2.05) is 36.4 Å². The molecule has 0 radical (unpaired) electrons. The Morgan fingerprint density at radius 3 is 2.25 bits per heavy atom. The Morgan fingerprint density at radius 1 is 1.04 bits per heavy atom. The molecule has 0 aliphatic carbocycles. The molecule has 2 N–H and O–H groups in total. The van der Waals surface area contributed by atoms with E-state index in [0.29, 0.717) is 11.4 Å². The molecule has 0 bridgehead atoms. The van der Waals surface area contributed by atoms with Crippen LogP contribution in [0.5, 0.6) is 0 Å². The third kappa shape index (κ3) is 4.61. The van der Waals surface area contributed by atoms with Crippen LogP contribution in [0.1, 0.15) is 30.5 Å². The van der Waals surface area contributed by atoms with E-state index in [0.717, 1.165) is 29.5 Å². The van der Waals surface area contributed by atoms with Crippen molar-refractivity contribution in [2.24, 2.45) is 4.36 Å². The second-order valence-electron chi connectivity index (χ2n) is 6.12. The Hall–Kier alpha value is -1.79. The maximum atomic E-state index is 12.0.